The molecule has 2 rings (SSSR count). The molecule has 0 atom stereocenters. The van der Waals surface area contributed by atoms with Crippen LogP contribution in [0.5, 0.6) is 0 Å². The summed E-state index contributed by atoms with van der Waals surface area (Å²) >= 11 is 0. The third-order valence-electron chi connectivity index (χ3n) is 3.25. The van der Waals surface area contributed by atoms with Crippen molar-refractivity contribution in [2.45, 2.75) is 6.92 Å². The Kier molecular flexibility index (Phi) is 4.93. The summed E-state index contributed by atoms with van der Waals surface area (Å²) in [6, 6.07) is 3.23. The predicted octanol–water partition coefficient (Wildman–Crippen LogP) is -0.0851. The molecule has 9 heteroatoms. The van der Waals surface area contributed by atoms with Crippen LogP contribution in [0.15, 0.2) is 18.2 Å². The maximum absolute atomic E-state index is 11.9. The lowest BCUT2D eigenvalue weighted by Crippen LogP contribution is -2.41. The molecule has 0 radical (unpaired) electrons. The minimum absolute atomic E-state index is 0.0241. The zero-order valence-corrected chi connectivity index (χ0v) is 13.0. The summed E-state index contributed by atoms with van der Waals surface area (Å²) in [4.78, 5) is 59.1. The zero-order chi connectivity index (χ0) is 17.9. The second kappa shape index (κ2) is 6.90. The largest absolute Gasteiger partial charge is 0.452 e. The number of nitrogens with one attached hydrogen (secondary N) is 2. The summed E-state index contributed by atoms with van der Waals surface area (Å²) in [6.07, 6.45) is 0. The Balaban J connectivity index is 2.00. The Bertz CT molecular complexity index is 743. The summed E-state index contributed by atoms with van der Waals surface area (Å²) in [5.41, 5.74) is 0.327. The molecule has 0 bridgehead atoms. The monoisotopic (exact) mass is 333 g/mol. The van der Waals surface area contributed by atoms with Crippen molar-refractivity contribution < 1.29 is 28.7 Å². The van der Waals surface area contributed by atoms with Crippen LogP contribution in [0.25, 0.3) is 0 Å². The predicted molar refractivity (Wildman–Crippen MR) is 80.4 cm³/mol. The standard InChI is InChI=1S/C15H15N3O6/c1-3-16-15(23)17-11(19)7-24-14(22)8-4-5-9-10(6-8)13(21)18(2)12(9)20/h4-6H,3,7H2,1-2H3,(H2,16,17,19,23). The highest BCUT2D eigenvalue weighted by atomic mass is 16.5. The average molecular weight is 333 g/mol. The quantitative estimate of drug-likeness (QED) is 0.587. The lowest BCUT2D eigenvalue weighted by molar-refractivity contribution is -0.123. The van der Waals surface area contributed by atoms with E-state index in [1.165, 1.54) is 25.2 Å². The van der Waals surface area contributed by atoms with Gasteiger partial charge < -0.3 is 10.1 Å². The Labute approximate surface area is 136 Å². The summed E-state index contributed by atoms with van der Waals surface area (Å²) in [7, 11) is 1.34. The molecule has 0 aromatic heterocycles. The van der Waals surface area contributed by atoms with Crippen LogP contribution in [-0.2, 0) is 9.53 Å². The van der Waals surface area contributed by atoms with Crippen molar-refractivity contribution in [3.8, 4) is 0 Å². The maximum atomic E-state index is 11.9. The van der Waals surface area contributed by atoms with Gasteiger partial charge in [0, 0.05) is 13.6 Å². The number of carbonyl (C=O) groups is 5. The van der Waals surface area contributed by atoms with Gasteiger partial charge in [-0.25, -0.2) is 9.59 Å². The molecule has 24 heavy (non-hydrogen) atoms. The van der Waals surface area contributed by atoms with Gasteiger partial charge in [-0.15, -0.1) is 0 Å². The van der Waals surface area contributed by atoms with Crippen molar-refractivity contribution in [2.24, 2.45) is 0 Å². The van der Waals surface area contributed by atoms with E-state index >= 15 is 0 Å². The molecule has 2 N–H and O–H groups in total. The molecule has 0 saturated heterocycles. The van der Waals surface area contributed by atoms with Crippen LogP contribution < -0.4 is 10.6 Å². The normalized spacial score (nSPS) is 12.7. The third-order valence-corrected chi connectivity index (χ3v) is 3.25. The van der Waals surface area contributed by atoms with Gasteiger partial charge in [-0.1, -0.05) is 0 Å². The molecule has 0 spiro atoms. The SMILES string of the molecule is CCNC(=O)NC(=O)COC(=O)c1ccc2c(c1)C(=O)N(C)C2=O. The fourth-order valence-corrected chi connectivity index (χ4v) is 2.07. The molecule has 0 fully saturated rings. The van der Waals surface area contributed by atoms with Crippen LogP contribution in [0.3, 0.4) is 0 Å². The summed E-state index contributed by atoms with van der Waals surface area (Å²) in [5, 5.41) is 4.33. The maximum Gasteiger partial charge on any atom is 0.338 e. The molecule has 5 amide bonds. The number of benzene rings is 1. The highest BCUT2D eigenvalue weighted by Crippen LogP contribution is 2.22. The number of hydrogen-bond acceptors (Lipinski definition) is 6. The number of hydrogen-bond donors (Lipinski definition) is 2. The topological polar surface area (TPSA) is 122 Å². The minimum atomic E-state index is -0.848. The van der Waals surface area contributed by atoms with Crippen molar-refractivity contribution in [1.29, 1.82) is 0 Å². The number of carbonyl (C=O) groups excluding carboxylic acids is 5. The first kappa shape index (κ1) is 17.1. The van der Waals surface area contributed by atoms with E-state index in [0.29, 0.717) is 6.54 Å². The first-order chi connectivity index (χ1) is 11.3. The highest BCUT2D eigenvalue weighted by Gasteiger charge is 2.33. The zero-order valence-electron chi connectivity index (χ0n) is 13.0. The molecule has 1 aliphatic rings. The minimum Gasteiger partial charge on any atom is -0.452 e. The summed E-state index contributed by atoms with van der Waals surface area (Å²) in [6.45, 7) is 1.37. The van der Waals surface area contributed by atoms with Gasteiger partial charge in [-0.2, -0.15) is 0 Å². The average Bonchev–Trinajstić information content (AvgIpc) is 2.77. The second-order valence-electron chi connectivity index (χ2n) is 4.91. The van der Waals surface area contributed by atoms with Gasteiger partial charge in [0.1, 0.15) is 0 Å². The lowest BCUT2D eigenvalue weighted by atomic mass is 10.1. The van der Waals surface area contributed by atoms with Gasteiger partial charge in [-0.3, -0.25) is 24.6 Å². The first-order valence-electron chi connectivity index (χ1n) is 7.06. The van der Waals surface area contributed by atoms with E-state index in [4.69, 9.17) is 4.74 Å². The van der Waals surface area contributed by atoms with E-state index in [-0.39, 0.29) is 16.7 Å². The van der Waals surface area contributed by atoms with E-state index in [9.17, 15) is 24.0 Å². The molecule has 0 unspecified atom stereocenters. The van der Waals surface area contributed by atoms with Crippen LogP contribution in [0.1, 0.15) is 38.0 Å². The summed E-state index contributed by atoms with van der Waals surface area (Å²) in [5.74, 6) is -2.60. The molecule has 1 aromatic carbocycles. The molecule has 126 valence electrons. The summed E-state index contributed by atoms with van der Waals surface area (Å²) < 4.78 is 4.78. The van der Waals surface area contributed by atoms with E-state index in [0.717, 1.165) is 4.90 Å². The Hall–Kier alpha value is -3.23. The molecule has 0 saturated carbocycles. The molecular formula is C15H15N3O6. The van der Waals surface area contributed by atoms with Crippen LogP contribution in [0, 0.1) is 0 Å². The van der Waals surface area contributed by atoms with Crippen LogP contribution in [-0.4, -0.2) is 54.8 Å². The number of ether oxygens (including phenoxy) is 1. The number of urea groups is 1. The van der Waals surface area contributed by atoms with Gasteiger partial charge >= 0.3 is 12.0 Å². The molecule has 9 nitrogen and oxygen atoms in total. The molecular weight excluding hydrogens is 318 g/mol. The first-order valence-corrected chi connectivity index (χ1v) is 7.06. The molecule has 1 aromatic rings. The van der Waals surface area contributed by atoms with Crippen molar-refractivity contribution in [3.05, 3.63) is 34.9 Å². The Morgan fingerprint density at radius 2 is 1.79 bits per heavy atom. The van der Waals surface area contributed by atoms with E-state index in [2.05, 4.69) is 5.32 Å². The van der Waals surface area contributed by atoms with Crippen molar-refractivity contribution in [2.75, 3.05) is 20.2 Å². The Morgan fingerprint density at radius 1 is 1.12 bits per heavy atom. The fourth-order valence-electron chi connectivity index (χ4n) is 2.07. The van der Waals surface area contributed by atoms with Gasteiger partial charge in [0.15, 0.2) is 6.61 Å². The van der Waals surface area contributed by atoms with Crippen LogP contribution >= 0.6 is 0 Å². The van der Waals surface area contributed by atoms with Gasteiger partial charge in [-0.05, 0) is 25.1 Å². The van der Waals surface area contributed by atoms with E-state index in [1.807, 2.05) is 5.32 Å². The molecule has 1 aliphatic heterocycles. The fraction of sp³-hybridized carbons (Fsp3) is 0.267. The van der Waals surface area contributed by atoms with Gasteiger partial charge in [0.25, 0.3) is 17.7 Å². The van der Waals surface area contributed by atoms with Crippen molar-refractivity contribution in [1.82, 2.24) is 15.5 Å². The molecule has 1 heterocycles. The number of fused-ring (bicyclic) bond motifs is 1. The number of imide groups is 2. The van der Waals surface area contributed by atoms with Crippen molar-refractivity contribution in [3.63, 3.8) is 0 Å². The van der Waals surface area contributed by atoms with E-state index in [1.54, 1.807) is 6.92 Å². The number of esters is 1. The van der Waals surface area contributed by atoms with Gasteiger partial charge in [0.2, 0.25) is 0 Å². The van der Waals surface area contributed by atoms with Gasteiger partial charge in [0.05, 0.1) is 16.7 Å². The molecule has 0 aliphatic carbocycles. The number of rotatable bonds is 4. The number of amides is 5. The second-order valence-corrected chi connectivity index (χ2v) is 4.91. The van der Waals surface area contributed by atoms with E-state index < -0.39 is 36.3 Å². The third kappa shape index (κ3) is 3.40. The number of nitrogens with zero attached hydrogens (tertiary/aromatic N) is 1. The Morgan fingerprint density at radius 3 is 2.46 bits per heavy atom. The lowest BCUT2D eigenvalue weighted by Gasteiger charge is -2.06. The van der Waals surface area contributed by atoms with Crippen LogP contribution in [0.2, 0.25) is 0 Å². The smallest absolute Gasteiger partial charge is 0.338 e. The van der Waals surface area contributed by atoms with Crippen LogP contribution in [0.4, 0.5) is 4.79 Å². The van der Waals surface area contributed by atoms with Crippen molar-refractivity contribution >= 4 is 29.7 Å². The highest BCUT2D eigenvalue weighted by molar-refractivity contribution is 6.21.